The van der Waals surface area contributed by atoms with Crippen molar-refractivity contribution in [2.24, 2.45) is 5.10 Å². The normalized spacial score (nSPS) is 11.5. The number of hydrazone groups is 1. The van der Waals surface area contributed by atoms with Crippen molar-refractivity contribution >= 4 is 23.9 Å². The molecular formula is C17H15F3N2O2S. The Kier molecular flexibility index (Phi) is 6.46. The van der Waals surface area contributed by atoms with Crippen LogP contribution in [0.5, 0.6) is 5.75 Å². The third kappa shape index (κ3) is 6.15. The molecule has 1 N–H and O–H groups in total. The van der Waals surface area contributed by atoms with E-state index >= 15 is 0 Å². The average molecular weight is 368 g/mol. The van der Waals surface area contributed by atoms with Crippen LogP contribution < -0.4 is 10.2 Å². The molecule has 2 rings (SSSR count). The lowest BCUT2D eigenvalue weighted by Crippen LogP contribution is -2.24. The van der Waals surface area contributed by atoms with E-state index in [0.29, 0.717) is 0 Å². The predicted molar refractivity (Wildman–Crippen MR) is 90.9 cm³/mol. The van der Waals surface area contributed by atoms with E-state index in [0.717, 1.165) is 22.6 Å². The molecule has 8 heteroatoms. The lowest BCUT2D eigenvalue weighted by Gasteiger charge is -2.09. The van der Waals surface area contributed by atoms with E-state index in [4.69, 9.17) is 4.74 Å². The largest absolute Gasteiger partial charge is 0.484 e. The van der Waals surface area contributed by atoms with Crippen molar-refractivity contribution in [1.29, 1.82) is 0 Å². The topological polar surface area (TPSA) is 50.7 Å². The summed E-state index contributed by atoms with van der Waals surface area (Å²) in [6.45, 7) is -0.440. The maximum atomic E-state index is 12.6. The average Bonchev–Trinajstić information content (AvgIpc) is 2.60. The van der Waals surface area contributed by atoms with Gasteiger partial charge in [0.2, 0.25) is 0 Å². The minimum atomic E-state index is -4.46. The molecule has 0 aliphatic heterocycles. The van der Waals surface area contributed by atoms with Crippen molar-refractivity contribution in [2.75, 3.05) is 12.9 Å². The van der Waals surface area contributed by atoms with Gasteiger partial charge in [-0.05, 0) is 42.2 Å². The van der Waals surface area contributed by atoms with E-state index in [-0.39, 0.29) is 5.75 Å². The molecule has 0 radical (unpaired) electrons. The smallest absolute Gasteiger partial charge is 0.416 e. The minimum absolute atomic E-state index is 0.0402. The lowest BCUT2D eigenvalue weighted by atomic mass is 10.2. The van der Waals surface area contributed by atoms with Crippen LogP contribution in [0.3, 0.4) is 0 Å². The first-order valence-corrected chi connectivity index (χ1v) is 8.37. The Morgan fingerprint density at radius 3 is 2.60 bits per heavy atom. The zero-order valence-electron chi connectivity index (χ0n) is 13.2. The standard InChI is InChI=1S/C17H15F3N2O2S/c1-25-15-7-5-12(6-8-15)10-21-22-16(23)11-24-14-4-2-3-13(9-14)17(18,19)20/h2-10H,11H2,1H3,(H,22,23)/b21-10+. The SMILES string of the molecule is CSc1ccc(/C=N/NC(=O)COc2cccc(C(F)(F)F)c2)cc1. The number of amides is 1. The van der Waals surface area contributed by atoms with Gasteiger partial charge in [-0.3, -0.25) is 4.79 Å². The monoisotopic (exact) mass is 368 g/mol. The maximum Gasteiger partial charge on any atom is 0.416 e. The zero-order valence-corrected chi connectivity index (χ0v) is 14.0. The second-order valence-electron chi connectivity index (χ2n) is 4.88. The Hall–Kier alpha value is -2.48. The van der Waals surface area contributed by atoms with Crippen LogP contribution in [0.1, 0.15) is 11.1 Å². The molecule has 0 aromatic heterocycles. The summed E-state index contributed by atoms with van der Waals surface area (Å²) in [7, 11) is 0. The number of rotatable bonds is 6. The first kappa shape index (κ1) is 18.9. The molecule has 132 valence electrons. The molecule has 0 saturated carbocycles. The van der Waals surface area contributed by atoms with Gasteiger partial charge in [-0.15, -0.1) is 11.8 Å². The number of carbonyl (C=O) groups excluding carboxylic acids is 1. The molecule has 4 nitrogen and oxygen atoms in total. The maximum absolute atomic E-state index is 12.6. The number of thioether (sulfide) groups is 1. The molecule has 0 heterocycles. The molecule has 0 spiro atoms. The molecule has 0 saturated heterocycles. The summed E-state index contributed by atoms with van der Waals surface area (Å²) in [5, 5.41) is 3.77. The molecule has 2 aromatic carbocycles. The van der Waals surface area contributed by atoms with Crippen molar-refractivity contribution in [2.45, 2.75) is 11.1 Å². The summed E-state index contributed by atoms with van der Waals surface area (Å²) in [5.41, 5.74) is 2.22. The number of ether oxygens (including phenoxy) is 1. The number of benzene rings is 2. The van der Waals surface area contributed by atoms with Gasteiger partial charge in [-0.1, -0.05) is 18.2 Å². The first-order chi connectivity index (χ1) is 11.9. The Morgan fingerprint density at radius 1 is 1.24 bits per heavy atom. The third-order valence-electron chi connectivity index (χ3n) is 3.05. The van der Waals surface area contributed by atoms with Gasteiger partial charge in [-0.2, -0.15) is 18.3 Å². The predicted octanol–water partition coefficient (Wildman–Crippen LogP) is 3.96. The van der Waals surface area contributed by atoms with Crippen LogP contribution >= 0.6 is 11.8 Å². The van der Waals surface area contributed by atoms with Crippen LogP contribution in [0.2, 0.25) is 0 Å². The van der Waals surface area contributed by atoms with E-state index < -0.39 is 24.3 Å². The van der Waals surface area contributed by atoms with Gasteiger partial charge in [0, 0.05) is 4.90 Å². The molecular weight excluding hydrogens is 353 g/mol. The Bertz CT molecular complexity index is 746. The van der Waals surface area contributed by atoms with Crippen molar-refractivity contribution in [3.05, 3.63) is 59.7 Å². The van der Waals surface area contributed by atoms with Gasteiger partial charge in [0.15, 0.2) is 6.61 Å². The second kappa shape index (κ2) is 8.57. The van der Waals surface area contributed by atoms with E-state index in [2.05, 4.69) is 10.5 Å². The zero-order chi connectivity index (χ0) is 18.3. The minimum Gasteiger partial charge on any atom is -0.484 e. The summed E-state index contributed by atoms with van der Waals surface area (Å²) in [6, 6.07) is 11.9. The number of alkyl halides is 3. The molecule has 0 aliphatic carbocycles. The number of halogens is 3. The van der Waals surface area contributed by atoms with E-state index in [1.165, 1.54) is 18.3 Å². The molecule has 25 heavy (non-hydrogen) atoms. The van der Waals surface area contributed by atoms with Crippen LogP contribution in [0.4, 0.5) is 13.2 Å². The second-order valence-corrected chi connectivity index (χ2v) is 5.76. The molecule has 0 bridgehead atoms. The Labute approximate surface area is 147 Å². The van der Waals surface area contributed by atoms with Crippen LogP contribution in [0.25, 0.3) is 0 Å². The van der Waals surface area contributed by atoms with E-state index in [1.807, 2.05) is 30.5 Å². The summed E-state index contributed by atoms with van der Waals surface area (Å²) < 4.78 is 42.8. The highest BCUT2D eigenvalue weighted by Gasteiger charge is 2.30. The molecule has 0 fully saturated rings. The van der Waals surface area contributed by atoms with Gasteiger partial charge in [-0.25, -0.2) is 5.43 Å². The highest BCUT2D eigenvalue weighted by atomic mass is 32.2. The van der Waals surface area contributed by atoms with Crippen molar-refractivity contribution in [3.63, 3.8) is 0 Å². The lowest BCUT2D eigenvalue weighted by molar-refractivity contribution is -0.137. The van der Waals surface area contributed by atoms with Crippen molar-refractivity contribution in [3.8, 4) is 5.75 Å². The summed E-state index contributed by atoms with van der Waals surface area (Å²) in [6.07, 6.45) is -1.03. The Morgan fingerprint density at radius 2 is 1.96 bits per heavy atom. The summed E-state index contributed by atoms with van der Waals surface area (Å²) in [4.78, 5) is 12.7. The fourth-order valence-corrected chi connectivity index (χ4v) is 2.22. The number of nitrogens with zero attached hydrogens (tertiary/aromatic N) is 1. The van der Waals surface area contributed by atoms with E-state index in [9.17, 15) is 18.0 Å². The summed E-state index contributed by atoms with van der Waals surface area (Å²) >= 11 is 1.61. The highest BCUT2D eigenvalue weighted by molar-refractivity contribution is 7.98. The third-order valence-corrected chi connectivity index (χ3v) is 3.79. The number of hydrogen-bond donors (Lipinski definition) is 1. The fraction of sp³-hybridized carbons (Fsp3) is 0.176. The number of hydrogen-bond acceptors (Lipinski definition) is 4. The van der Waals surface area contributed by atoms with Crippen LogP contribution in [0.15, 0.2) is 58.5 Å². The van der Waals surface area contributed by atoms with Crippen molar-refractivity contribution < 1.29 is 22.7 Å². The summed E-state index contributed by atoms with van der Waals surface area (Å²) in [5.74, 6) is -0.615. The van der Waals surface area contributed by atoms with Gasteiger partial charge in [0.1, 0.15) is 5.75 Å². The molecule has 1 amide bonds. The molecule has 2 aromatic rings. The molecule has 0 atom stereocenters. The van der Waals surface area contributed by atoms with Crippen LogP contribution in [0, 0.1) is 0 Å². The Balaban J connectivity index is 1.83. The fourth-order valence-electron chi connectivity index (χ4n) is 1.81. The van der Waals surface area contributed by atoms with Gasteiger partial charge in [0.25, 0.3) is 5.91 Å². The molecule has 0 unspecified atom stereocenters. The van der Waals surface area contributed by atoms with Gasteiger partial charge >= 0.3 is 6.18 Å². The highest BCUT2D eigenvalue weighted by Crippen LogP contribution is 2.31. The number of carbonyl (C=O) groups is 1. The van der Waals surface area contributed by atoms with Crippen LogP contribution in [-0.2, 0) is 11.0 Å². The van der Waals surface area contributed by atoms with Crippen molar-refractivity contribution in [1.82, 2.24) is 5.43 Å². The van der Waals surface area contributed by atoms with Gasteiger partial charge in [0.05, 0.1) is 11.8 Å². The quantitative estimate of drug-likeness (QED) is 0.477. The van der Waals surface area contributed by atoms with Crippen LogP contribution in [-0.4, -0.2) is 25.0 Å². The first-order valence-electron chi connectivity index (χ1n) is 7.14. The number of nitrogens with one attached hydrogen (secondary N) is 1. The van der Waals surface area contributed by atoms with E-state index in [1.54, 1.807) is 11.8 Å². The molecule has 0 aliphatic rings. The van der Waals surface area contributed by atoms with Gasteiger partial charge < -0.3 is 4.74 Å².